The molecular formula is C10H16N2. The van der Waals surface area contributed by atoms with E-state index >= 15 is 0 Å². The molecule has 2 heteroatoms. The third-order valence-electron chi connectivity index (χ3n) is 2.11. The lowest BCUT2D eigenvalue weighted by molar-refractivity contribution is 0.456. The number of hydrogen-bond acceptors (Lipinski definition) is 2. The Morgan fingerprint density at radius 2 is 1.92 bits per heavy atom. The van der Waals surface area contributed by atoms with E-state index in [-0.39, 0.29) is 0 Å². The average molecular weight is 164 g/mol. The first-order chi connectivity index (χ1) is 5.85. The molecule has 0 aliphatic heterocycles. The van der Waals surface area contributed by atoms with Crippen molar-refractivity contribution in [3.8, 4) is 12.1 Å². The zero-order chi connectivity index (χ0) is 9.23. The molecule has 0 heterocycles. The van der Waals surface area contributed by atoms with Crippen LogP contribution in [0.2, 0.25) is 0 Å². The normalized spacial score (nSPS) is 11.6. The van der Waals surface area contributed by atoms with Gasteiger partial charge in [-0.15, -0.1) is 0 Å². The van der Waals surface area contributed by atoms with Gasteiger partial charge in [-0.05, 0) is 18.8 Å². The van der Waals surface area contributed by atoms with Crippen LogP contribution in [0, 0.1) is 28.6 Å². The van der Waals surface area contributed by atoms with E-state index in [0.717, 1.165) is 25.7 Å². The average Bonchev–Trinajstić information content (AvgIpc) is 2.10. The monoisotopic (exact) mass is 164 g/mol. The highest BCUT2D eigenvalue weighted by molar-refractivity contribution is 4.75. The maximum absolute atomic E-state index is 8.47. The Bertz CT molecular complexity index is 173. The molecule has 12 heavy (non-hydrogen) atoms. The lowest BCUT2D eigenvalue weighted by atomic mass is 9.96. The highest BCUT2D eigenvalue weighted by Gasteiger charge is 2.04. The van der Waals surface area contributed by atoms with Crippen LogP contribution >= 0.6 is 0 Å². The van der Waals surface area contributed by atoms with Crippen molar-refractivity contribution in [2.24, 2.45) is 5.92 Å². The molecule has 0 rings (SSSR count). The Kier molecular flexibility index (Phi) is 7.39. The van der Waals surface area contributed by atoms with Crippen molar-refractivity contribution in [3.63, 3.8) is 0 Å². The predicted octanol–water partition coefficient (Wildman–Crippen LogP) is 3.01. The van der Waals surface area contributed by atoms with Gasteiger partial charge in [0.15, 0.2) is 0 Å². The quantitative estimate of drug-likeness (QED) is 0.566. The molecule has 0 amide bonds. The van der Waals surface area contributed by atoms with Crippen LogP contribution in [-0.2, 0) is 0 Å². The van der Waals surface area contributed by atoms with E-state index in [0.29, 0.717) is 18.8 Å². The summed E-state index contributed by atoms with van der Waals surface area (Å²) < 4.78 is 0. The van der Waals surface area contributed by atoms with Gasteiger partial charge in [0.2, 0.25) is 0 Å². The summed E-state index contributed by atoms with van der Waals surface area (Å²) >= 11 is 0. The highest BCUT2D eigenvalue weighted by atomic mass is 14.2. The minimum atomic E-state index is 0.550. The van der Waals surface area contributed by atoms with Crippen molar-refractivity contribution in [1.29, 1.82) is 10.5 Å². The Morgan fingerprint density at radius 3 is 2.42 bits per heavy atom. The van der Waals surface area contributed by atoms with Crippen LogP contribution < -0.4 is 0 Å². The van der Waals surface area contributed by atoms with Gasteiger partial charge in [-0.3, -0.25) is 0 Å². The summed E-state index contributed by atoms with van der Waals surface area (Å²) in [7, 11) is 0. The molecule has 0 aromatic heterocycles. The fraction of sp³-hybridized carbons (Fsp3) is 0.800. The molecule has 0 spiro atoms. The fourth-order valence-electron chi connectivity index (χ4n) is 1.22. The van der Waals surface area contributed by atoms with Gasteiger partial charge in [0.05, 0.1) is 12.1 Å². The molecule has 1 atom stereocenters. The second-order valence-electron chi connectivity index (χ2n) is 3.04. The van der Waals surface area contributed by atoms with E-state index < -0.39 is 0 Å². The van der Waals surface area contributed by atoms with Crippen molar-refractivity contribution >= 4 is 0 Å². The standard InChI is InChI=1S/C10H16N2/c1-2-10(7-9-12)6-4-3-5-8-11/h10H,2-7H2,1H3. The number of nitriles is 2. The van der Waals surface area contributed by atoms with Gasteiger partial charge in [-0.25, -0.2) is 0 Å². The molecule has 0 saturated carbocycles. The van der Waals surface area contributed by atoms with Gasteiger partial charge >= 0.3 is 0 Å². The topological polar surface area (TPSA) is 47.6 Å². The predicted molar refractivity (Wildman–Crippen MR) is 48.1 cm³/mol. The zero-order valence-corrected chi connectivity index (χ0v) is 7.71. The smallest absolute Gasteiger partial charge is 0.0624 e. The van der Waals surface area contributed by atoms with E-state index in [9.17, 15) is 0 Å². The Balaban J connectivity index is 3.34. The van der Waals surface area contributed by atoms with Crippen molar-refractivity contribution in [3.05, 3.63) is 0 Å². The van der Waals surface area contributed by atoms with Gasteiger partial charge in [0.1, 0.15) is 0 Å². The summed E-state index contributed by atoms with van der Waals surface area (Å²) in [4.78, 5) is 0. The molecule has 0 aromatic rings. The van der Waals surface area contributed by atoms with Crippen molar-refractivity contribution in [2.75, 3.05) is 0 Å². The van der Waals surface area contributed by atoms with Crippen LogP contribution in [-0.4, -0.2) is 0 Å². The Labute approximate surface area is 74.8 Å². The Hall–Kier alpha value is -1.02. The minimum Gasteiger partial charge on any atom is -0.198 e. The lowest BCUT2D eigenvalue weighted by Gasteiger charge is -2.08. The summed E-state index contributed by atoms with van der Waals surface area (Å²) in [5.41, 5.74) is 0. The second-order valence-corrected chi connectivity index (χ2v) is 3.04. The van der Waals surface area contributed by atoms with Crippen LogP contribution in [0.4, 0.5) is 0 Å². The SMILES string of the molecule is CCC(CC#N)CCCCC#N. The molecule has 1 unspecified atom stereocenters. The molecule has 66 valence electrons. The molecular weight excluding hydrogens is 148 g/mol. The molecule has 0 aromatic carbocycles. The molecule has 0 aliphatic carbocycles. The number of nitrogens with zero attached hydrogens (tertiary/aromatic N) is 2. The largest absolute Gasteiger partial charge is 0.198 e. The van der Waals surface area contributed by atoms with Crippen LogP contribution in [0.5, 0.6) is 0 Å². The maximum Gasteiger partial charge on any atom is 0.0624 e. The van der Waals surface area contributed by atoms with Gasteiger partial charge in [-0.2, -0.15) is 10.5 Å². The molecule has 0 bridgehead atoms. The maximum atomic E-state index is 8.47. The van der Waals surface area contributed by atoms with E-state index in [1.54, 1.807) is 0 Å². The molecule has 0 aliphatic rings. The van der Waals surface area contributed by atoms with E-state index in [2.05, 4.69) is 19.1 Å². The van der Waals surface area contributed by atoms with E-state index in [1.165, 1.54) is 0 Å². The third kappa shape index (κ3) is 5.74. The third-order valence-corrected chi connectivity index (χ3v) is 2.11. The van der Waals surface area contributed by atoms with E-state index in [4.69, 9.17) is 10.5 Å². The van der Waals surface area contributed by atoms with Crippen molar-refractivity contribution in [1.82, 2.24) is 0 Å². The first-order valence-corrected chi connectivity index (χ1v) is 4.59. The first kappa shape index (κ1) is 11.0. The number of rotatable bonds is 6. The van der Waals surface area contributed by atoms with Crippen LogP contribution in [0.25, 0.3) is 0 Å². The van der Waals surface area contributed by atoms with Crippen molar-refractivity contribution < 1.29 is 0 Å². The number of unbranched alkanes of at least 4 members (excludes halogenated alkanes) is 2. The molecule has 0 saturated heterocycles. The Morgan fingerprint density at radius 1 is 1.17 bits per heavy atom. The zero-order valence-electron chi connectivity index (χ0n) is 7.71. The van der Waals surface area contributed by atoms with Crippen LogP contribution in [0.1, 0.15) is 45.4 Å². The molecule has 0 fully saturated rings. The molecule has 2 nitrogen and oxygen atoms in total. The lowest BCUT2D eigenvalue weighted by Crippen LogP contribution is -1.96. The summed E-state index contributed by atoms with van der Waals surface area (Å²) in [5.74, 6) is 0.550. The summed E-state index contributed by atoms with van der Waals surface area (Å²) in [6.45, 7) is 2.12. The van der Waals surface area contributed by atoms with E-state index in [1.807, 2.05) is 0 Å². The highest BCUT2D eigenvalue weighted by Crippen LogP contribution is 2.16. The van der Waals surface area contributed by atoms with Crippen LogP contribution in [0.3, 0.4) is 0 Å². The van der Waals surface area contributed by atoms with Crippen molar-refractivity contribution in [2.45, 2.75) is 45.4 Å². The molecule has 0 N–H and O–H groups in total. The summed E-state index contributed by atoms with van der Waals surface area (Å²) in [6, 6.07) is 4.32. The van der Waals surface area contributed by atoms with Gasteiger partial charge in [0.25, 0.3) is 0 Å². The van der Waals surface area contributed by atoms with Gasteiger partial charge < -0.3 is 0 Å². The summed E-state index contributed by atoms with van der Waals surface area (Å²) in [6.07, 6.45) is 5.59. The summed E-state index contributed by atoms with van der Waals surface area (Å²) in [5, 5.41) is 16.8. The van der Waals surface area contributed by atoms with Gasteiger partial charge in [-0.1, -0.05) is 19.8 Å². The number of hydrogen-bond donors (Lipinski definition) is 0. The minimum absolute atomic E-state index is 0.550. The molecule has 0 radical (unpaired) electrons. The first-order valence-electron chi connectivity index (χ1n) is 4.59. The fourth-order valence-corrected chi connectivity index (χ4v) is 1.22. The second kappa shape index (κ2) is 8.08. The van der Waals surface area contributed by atoms with Gasteiger partial charge in [0, 0.05) is 12.8 Å². The van der Waals surface area contributed by atoms with Crippen LogP contribution in [0.15, 0.2) is 0 Å².